The van der Waals surface area contributed by atoms with E-state index in [2.05, 4.69) is 37.9 Å². The maximum atomic E-state index is 14.8. The Morgan fingerprint density at radius 1 is 0.942 bits per heavy atom. The molecule has 6 aliphatic heterocycles. The number of fused-ring (bicyclic) bond motifs is 2. The standard InChI is InChI=1S/C48H61F2N11O8/c1-48-28-58(47(67)51-2)19-13-38(48)61(55-46(48)59-16-5-6-29-24-33(30-26-53-56(3)27-30)34(42(49)50)25-37(29)59)31-11-17-57(18-12-31)40(63)14-20-68-22-23-69-21-15-52-35-8-4-7-32-41(35)45(66)60(44(32)65)36-9-10-39(62)54-43(36)64/h8,24-27,31,36,38,42,52H,4-7,9-23,28H2,1-3H3,(H,51,67)(H,54,62,64). The van der Waals surface area contributed by atoms with Crippen molar-refractivity contribution in [2.45, 2.75) is 95.7 Å². The first kappa shape index (κ1) is 47.8. The lowest BCUT2D eigenvalue weighted by Crippen LogP contribution is -2.61. The summed E-state index contributed by atoms with van der Waals surface area (Å²) in [5.74, 6) is -1.31. The zero-order valence-corrected chi connectivity index (χ0v) is 39.4. The molecule has 0 bridgehead atoms. The molecule has 19 nitrogen and oxygen atoms in total. The summed E-state index contributed by atoms with van der Waals surface area (Å²) >= 11 is 0. The van der Waals surface area contributed by atoms with Gasteiger partial charge in [0.1, 0.15) is 11.9 Å². The number of hydrazone groups is 1. The number of carbonyl (C=O) groups is 6. The molecule has 69 heavy (non-hydrogen) atoms. The van der Waals surface area contributed by atoms with E-state index in [0.717, 1.165) is 34.8 Å². The van der Waals surface area contributed by atoms with Gasteiger partial charge in [-0.3, -0.25) is 43.9 Å². The highest BCUT2D eigenvalue weighted by Gasteiger charge is 2.55. The number of allylic oxidation sites excluding steroid dienone is 1. The molecule has 2 aromatic rings. The molecule has 7 heterocycles. The minimum absolute atomic E-state index is 0.00357. The lowest BCUT2D eigenvalue weighted by atomic mass is 9.75. The van der Waals surface area contributed by atoms with Crippen molar-refractivity contribution in [3.05, 3.63) is 58.6 Å². The van der Waals surface area contributed by atoms with Crippen molar-refractivity contribution < 1.29 is 47.0 Å². The molecule has 21 heteroatoms. The molecule has 0 saturated carbocycles. The van der Waals surface area contributed by atoms with Gasteiger partial charge in [0.25, 0.3) is 18.2 Å². The first-order valence-corrected chi connectivity index (χ1v) is 24.1. The normalized spacial score (nSPS) is 24.1. The molecule has 370 valence electrons. The second kappa shape index (κ2) is 20.0. The van der Waals surface area contributed by atoms with Crippen LogP contribution in [0.5, 0.6) is 0 Å². The summed E-state index contributed by atoms with van der Waals surface area (Å²) < 4.78 is 42.7. The van der Waals surface area contributed by atoms with E-state index in [1.807, 2.05) is 21.9 Å². The number of ether oxygens (including phenoxy) is 2. The lowest BCUT2D eigenvalue weighted by molar-refractivity contribution is -0.150. The van der Waals surface area contributed by atoms with Gasteiger partial charge in [-0.05, 0) is 81.5 Å². The number of nitrogens with one attached hydrogen (secondary N) is 3. The van der Waals surface area contributed by atoms with Crippen molar-refractivity contribution in [3.8, 4) is 11.1 Å². The topological polar surface area (TPSA) is 203 Å². The van der Waals surface area contributed by atoms with E-state index < -0.39 is 41.5 Å². The van der Waals surface area contributed by atoms with Crippen molar-refractivity contribution in [2.24, 2.45) is 17.6 Å². The average molecular weight is 958 g/mol. The summed E-state index contributed by atoms with van der Waals surface area (Å²) in [5, 5.41) is 20.0. The number of amides is 7. The van der Waals surface area contributed by atoms with Gasteiger partial charge < -0.3 is 34.8 Å². The number of hydrogen-bond donors (Lipinski definition) is 3. The molecule has 9 rings (SSSR count). The van der Waals surface area contributed by atoms with E-state index in [-0.39, 0.29) is 74.2 Å². The Morgan fingerprint density at radius 3 is 2.43 bits per heavy atom. The molecular formula is C48H61F2N11O8. The third kappa shape index (κ3) is 9.34. The Balaban J connectivity index is 0.752. The predicted octanol–water partition coefficient (Wildman–Crippen LogP) is 2.98. The fourth-order valence-corrected chi connectivity index (χ4v) is 11.2. The van der Waals surface area contributed by atoms with Crippen LogP contribution in [-0.4, -0.2) is 162 Å². The Labute approximate surface area is 399 Å². The van der Waals surface area contributed by atoms with Crippen LogP contribution in [0.3, 0.4) is 0 Å². The fourth-order valence-electron chi connectivity index (χ4n) is 11.2. The van der Waals surface area contributed by atoms with E-state index in [9.17, 15) is 37.5 Å². The number of urea groups is 1. The van der Waals surface area contributed by atoms with Crippen molar-refractivity contribution >= 4 is 47.1 Å². The van der Waals surface area contributed by atoms with Crippen LogP contribution in [0.4, 0.5) is 19.3 Å². The highest BCUT2D eigenvalue weighted by molar-refractivity contribution is 6.23. The van der Waals surface area contributed by atoms with Gasteiger partial charge in [-0.2, -0.15) is 10.2 Å². The number of nitrogens with zero attached hydrogens (tertiary/aromatic N) is 8. The molecule has 3 N–H and O–H groups in total. The van der Waals surface area contributed by atoms with Gasteiger partial charge in [-0.1, -0.05) is 6.08 Å². The third-order valence-electron chi connectivity index (χ3n) is 14.7. The zero-order chi connectivity index (χ0) is 48.6. The smallest absolute Gasteiger partial charge is 0.317 e. The molecule has 3 unspecified atom stereocenters. The molecule has 0 spiro atoms. The van der Waals surface area contributed by atoms with Crippen molar-refractivity contribution in [1.29, 1.82) is 0 Å². The van der Waals surface area contributed by atoms with Gasteiger partial charge in [0.2, 0.25) is 17.7 Å². The van der Waals surface area contributed by atoms with E-state index in [4.69, 9.17) is 14.6 Å². The third-order valence-corrected chi connectivity index (χ3v) is 14.7. The molecule has 3 fully saturated rings. The van der Waals surface area contributed by atoms with Crippen molar-refractivity contribution in [2.75, 3.05) is 77.6 Å². The number of aryl methyl sites for hydroxylation is 2. The van der Waals surface area contributed by atoms with Crippen molar-refractivity contribution in [1.82, 2.24) is 45.4 Å². The molecule has 1 aromatic carbocycles. The number of halogens is 2. The van der Waals surface area contributed by atoms with Gasteiger partial charge in [0.15, 0.2) is 0 Å². The van der Waals surface area contributed by atoms with Crippen LogP contribution in [0.2, 0.25) is 0 Å². The van der Waals surface area contributed by atoms with Crippen LogP contribution in [0, 0.1) is 5.41 Å². The van der Waals surface area contributed by atoms with Gasteiger partial charge >= 0.3 is 6.03 Å². The van der Waals surface area contributed by atoms with Gasteiger partial charge in [-0.25, -0.2) is 13.6 Å². The SMILES string of the molecule is CNC(=O)N1CCC2N(C3CCN(C(=O)CCOCCOCCNC4=CCCC5=C4C(=O)N(C4CCC(=O)NC4=O)C5=O)CC3)N=C(N3CCCc4cc(-c5cnn(C)c5)c(C(F)F)cc43)C2(C)C1. The molecule has 7 amide bonds. The summed E-state index contributed by atoms with van der Waals surface area (Å²) in [6, 6.07) is 2.34. The molecule has 0 radical (unpaired) electrons. The molecule has 1 aliphatic carbocycles. The van der Waals surface area contributed by atoms with E-state index in [0.29, 0.717) is 100 Å². The minimum atomic E-state index is -2.70. The Bertz CT molecular complexity index is 2480. The predicted molar refractivity (Wildman–Crippen MR) is 247 cm³/mol. The molecule has 1 aromatic heterocycles. The number of hydrogen-bond acceptors (Lipinski definition) is 13. The number of rotatable bonds is 14. The highest BCUT2D eigenvalue weighted by Crippen LogP contribution is 2.47. The first-order valence-electron chi connectivity index (χ1n) is 24.1. The monoisotopic (exact) mass is 957 g/mol. The summed E-state index contributed by atoms with van der Waals surface area (Å²) in [6.07, 6.45) is 7.49. The first-order chi connectivity index (χ1) is 33.3. The number of amidine groups is 1. The number of aromatic nitrogens is 2. The van der Waals surface area contributed by atoms with Crippen LogP contribution < -0.4 is 20.9 Å². The molecular weight excluding hydrogens is 897 g/mol. The Kier molecular flexibility index (Phi) is 13.9. The summed E-state index contributed by atoms with van der Waals surface area (Å²) in [5.41, 5.74) is 3.33. The Hall–Kier alpha value is -6.22. The van der Waals surface area contributed by atoms with E-state index in [1.165, 1.54) is 0 Å². The van der Waals surface area contributed by atoms with Crippen LogP contribution in [0.25, 0.3) is 11.1 Å². The van der Waals surface area contributed by atoms with Crippen LogP contribution in [-0.2, 0) is 46.9 Å². The quantitative estimate of drug-likeness (QED) is 0.185. The number of anilines is 1. The van der Waals surface area contributed by atoms with Gasteiger partial charge in [0, 0.05) is 94.1 Å². The second-order valence-corrected chi connectivity index (χ2v) is 19.0. The zero-order valence-electron chi connectivity index (χ0n) is 39.4. The van der Waals surface area contributed by atoms with E-state index in [1.54, 1.807) is 37.2 Å². The fraction of sp³-hybridized carbons (Fsp3) is 0.583. The highest BCUT2D eigenvalue weighted by atomic mass is 19.3. The number of imide groups is 2. The van der Waals surface area contributed by atoms with Crippen molar-refractivity contribution in [3.63, 3.8) is 0 Å². The molecule has 7 aliphatic rings. The second-order valence-electron chi connectivity index (χ2n) is 19.0. The number of alkyl halides is 2. The number of benzene rings is 1. The number of carbonyl (C=O) groups excluding carboxylic acids is 6. The summed E-state index contributed by atoms with van der Waals surface area (Å²) in [6.45, 7) is 6.30. The van der Waals surface area contributed by atoms with E-state index >= 15 is 0 Å². The number of piperidine rings is 3. The van der Waals surface area contributed by atoms with Crippen LogP contribution >= 0.6 is 0 Å². The Morgan fingerprint density at radius 2 is 1.71 bits per heavy atom. The maximum Gasteiger partial charge on any atom is 0.317 e. The van der Waals surface area contributed by atoms with Gasteiger partial charge in [0.05, 0.1) is 62.1 Å². The molecule has 3 atom stereocenters. The largest absolute Gasteiger partial charge is 0.382 e. The lowest BCUT2D eigenvalue weighted by Gasteiger charge is -2.48. The minimum Gasteiger partial charge on any atom is -0.382 e. The van der Waals surface area contributed by atoms with Crippen LogP contribution in [0.15, 0.2) is 52.5 Å². The maximum absolute atomic E-state index is 14.8. The summed E-state index contributed by atoms with van der Waals surface area (Å²) in [7, 11) is 3.39. The molecule has 3 saturated heterocycles. The average Bonchev–Trinajstić information content (AvgIpc) is 4.00. The van der Waals surface area contributed by atoms with Crippen LogP contribution in [0.1, 0.15) is 82.3 Å². The van der Waals surface area contributed by atoms with Gasteiger partial charge in [-0.15, -0.1) is 0 Å². The summed E-state index contributed by atoms with van der Waals surface area (Å²) in [4.78, 5) is 83.8. The number of likely N-dealkylation sites (tertiary alicyclic amines) is 2.